The number of nitrogens with zero attached hydrogens (tertiary/aromatic N) is 3. The van der Waals surface area contributed by atoms with E-state index in [4.69, 9.17) is 9.47 Å². The summed E-state index contributed by atoms with van der Waals surface area (Å²) in [5.41, 5.74) is 5.14. The highest BCUT2D eigenvalue weighted by molar-refractivity contribution is 9.10. The molecule has 0 radical (unpaired) electrons. The highest BCUT2D eigenvalue weighted by atomic mass is 79.9. The molecule has 1 amide bonds. The lowest BCUT2D eigenvalue weighted by Gasteiger charge is -2.11. The molecule has 29 heavy (non-hydrogen) atoms. The van der Waals surface area contributed by atoms with E-state index in [1.54, 1.807) is 43.4 Å². The molecule has 0 aliphatic carbocycles. The first-order chi connectivity index (χ1) is 14.0. The number of methoxy groups -OCH3 is 2. The molecular formula is C21H21BrN4O3. The van der Waals surface area contributed by atoms with Crippen LogP contribution < -0.4 is 14.9 Å². The summed E-state index contributed by atoms with van der Waals surface area (Å²) in [6.45, 7) is 1.83. The third-order valence-electron chi connectivity index (χ3n) is 4.41. The van der Waals surface area contributed by atoms with Crippen molar-refractivity contribution < 1.29 is 14.3 Å². The second-order valence-electron chi connectivity index (χ2n) is 6.24. The fourth-order valence-corrected chi connectivity index (χ4v) is 3.27. The van der Waals surface area contributed by atoms with Crippen molar-refractivity contribution in [1.29, 1.82) is 0 Å². The van der Waals surface area contributed by atoms with Crippen molar-refractivity contribution >= 4 is 28.1 Å². The van der Waals surface area contributed by atoms with E-state index in [0.717, 1.165) is 21.3 Å². The molecule has 0 aliphatic rings. The topological polar surface area (TPSA) is 77.7 Å². The molecule has 0 fully saturated rings. The largest absolute Gasteiger partial charge is 0.495 e. The van der Waals surface area contributed by atoms with Gasteiger partial charge >= 0.3 is 0 Å². The lowest BCUT2D eigenvalue weighted by Crippen LogP contribution is -2.23. The molecule has 8 heteroatoms. The summed E-state index contributed by atoms with van der Waals surface area (Å²) in [6, 6.07) is 13.1. The Hall–Kier alpha value is -3.13. The summed E-state index contributed by atoms with van der Waals surface area (Å²) in [6.07, 6.45) is 5.13. The van der Waals surface area contributed by atoms with Crippen molar-refractivity contribution in [2.75, 3.05) is 14.2 Å². The first kappa shape index (κ1) is 20.6. The lowest BCUT2D eigenvalue weighted by atomic mass is 10.0. The summed E-state index contributed by atoms with van der Waals surface area (Å²) in [4.78, 5) is 12.4. The van der Waals surface area contributed by atoms with E-state index in [1.165, 1.54) is 0 Å². The van der Waals surface area contributed by atoms with Gasteiger partial charge in [0, 0.05) is 18.0 Å². The number of nitrogens with one attached hydrogen (secondary N) is 1. The van der Waals surface area contributed by atoms with Gasteiger partial charge in [0.15, 0.2) is 0 Å². The molecule has 7 nitrogen and oxygen atoms in total. The van der Waals surface area contributed by atoms with Gasteiger partial charge in [0.05, 0.1) is 32.0 Å². The molecule has 1 heterocycles. The van der Waals surface area contributed by atoms with Crippen LogP contribution in [0.15, 0.2) is 64.4 Å². The first-order valence-electron chi connectivity index (χ1n) is 8.88. The smallest absolute Gasteiger partial charge is 0.247 e. The van der Waals surface area contributed by atoms with Crippen LogP contribution in [-0.2, 0) is 4.79 Å². The van der Waals surface area contributed by atoms with Crippen molar-refractivity contribution in [3.63, 3.8) is 0 Å². The van der Waals surface area contributed by atoms with Crippen LogP contribution in [0.1, 0.15) is 24.0 Å². The second-order valence-corrected chi connectivity index (χ2v) is 7.03. The summed E-state index contributed by atoms with van der Waals surface area (Å²) >= 11 is 3.42. The van der Waals surface area contributed by atoms with Gasteiger partial charge in [-0.3, -0.25) is 4.79 Å². The van der Waals surface area contributed by atoms with E-state index in [1.807, 2.05) is 43.5 Å². The third-order valence-corrected chi connectivity index (χ3v) is 5.19. The van der Waals surface area contributed by atoms with E-state index in [2.05, 4.69) is 31.6 Å². The second kappa shape index (κ2) is 9.38. The van der Waals surface area contributed by atoms with Crippen molar-refractivity contribution in [3.8, 4) is 17.2 Å². The average molecular weight is 457 g/mol. The normalized spacial score (nSPS) is 12.0. The summed E-state index contributed by atoms with van der Waals surface area (Å²) in [5, 5.41) is 8.25. The molecule has 2 aromatic carbocycles. The van der Waals surface area contributed by atoms with Gasteiger partial charge in [0.2, 0.25) is 5.91 Å². The van der Waals surface area contributed by atoms with Crippen LogP contribution in [0.2, 0.25) is 0 Å². The highest BCUT2D eigenvalue weighted by Gasteiger charge is 2.15. The maximum atomic E-state index is 12.4. The monoisotopic (exact) mass is 456 g/mol. The minimum atomic E-state index is -0.354. The zero-order chi connectivity index (χ0) is 20.8. The maximum absolute atomic E-state index is 12.4. The number of carbonyl (C=O) groups excluding carboxylic acids is 1. The number of ether oxygens (including phenoxy) is 2. The number of benzene rings is 2. The van der Waals surface area contributed by atoms with E-state index in [-0.39, 0.29) is 11.8 Å². The SMILES string of the molecule is COc1cc(/C=N/NC(=O)C(C)c2ccc(-n3cccn3)cc2)cc(OC)c1Br. The number of aromatic nitrogens is 2. The van der Waals surface area contributed by atoms with Crippen LogP contribution in [0.25, 0.3) is 5.69 Å². The Morgan fingerprint density at radius 1 is 1.21 bits per heavy atom. The van der Waals surface area contributed by atoms with Gasteiger partial charge in [0.1, 0.15) is 16.0 Å². The zero-order valence-corrected chi connectivity index (χ0v) is 17.9. The molecular weight excluding hydrogens is 436 g/mol. The number of hydrogen-bond donors (Lipinski definition) is 1. The van der Waals surface area contributed by atoms with E-state index in [0.29, 0.717) is 11.5 Å². The van der Waals surface area contributed by atoms with Crippen molar-refractivity contribution in [2.45, 2.75) is 12.8 Å². The fourth-order valence-electron chi connectivity index (χ4n) is 2.72. The summed E-state index contributed by atoms with van der Waals surface area (Å²) in [5.74, 6) is 0.669. The Morgan fingerprint density at radius 3 is 2.41 bits per heavy atom. The van der Waals surface area contributed by atoms with Gasteiger partial charge in [-0.1, -0.05) is 12.1 Å². The van der Waals surface area contributed by atoms with Crippen LogP contribution in [0.5, 0.6) is 11.5 Å². The van der Waals surface area contributed by atoms with Gasteiger partial charge < -0.3 is 9.47 Å². The standard InChI is InChI=1S/C21H21BrN4O3/c1-14(16-5-7-17(8-6-16)26-10-4-9-24-26)21(27)25-23-13-15-11-18(28-2)20(22)19(12-15)29-3/h4-14H,1-3H3,(H,25,27)/b23-13+. The Morgan fingerprint density at radius 2 is 1.86 bits per heavy atom. The van der Waals surface area contributed by atoms with Crippen LogP contribution in [0.3, 0.4) is 0 Å². The Kier molecular flexibility index (Phi) is 6.66. The lowest BCUT2D eigenvalue weighted by molar-refractivity contribution is -0.122. The molecule has 0 aliphatic heterocycles. The molecule has 0 saturated heterocycles. The molecule has 0 bridgehead atoms. The Bertz CT molecular complexity index is 976. The van der Waals surface area contributed by atoms with Gasteiger partial charge in [0.25, 0.3) is 0 Å². The molecule has 0 spiro atoms. The van der Waals surface area contributed by atoms with Gasteiger partial charge in [-0.05, 0) is 58.7 Å². The van der Waals surface area contributed by atoms with E-state index >= 15 is 0 Å². The zero-order valence-electron chi connectivity index (χ0n) is 16.3. The highest BCUT2D eigenvalue weighted by Crippen LogP contribution is 2.35. The number of rotatable bonds is 7. The molecule has 0 saturated carbocycles. The molecule has 3 rings (SSSR count). The van der Waals surface area contributed by atoms with Gasteiger partial charge in [-0.25, -0.2) is 10.1 Å². The number of amides is 1. The van der Waals surface area contributed by atoms with E-state index in [9.17, 15) is 4.79 Å². The Labute approximate surface area is 177 Å². The van der Waals surface area contributed by atoms with Crippen molar-refractivity contribution in [3.05, 3.63) is 70.5 Å². The van der Waals surface area contributed by atoms with Gasteiger partial charge in [-0.15, -0.1) is 0 Å². The number of halogens is 1. The molecule has 3 aromatic rings. The molecule has 1 N–H and O–H groups in total. The van der Waals surface area contributed by atoms with Crippen molar-refractivity contribution in [1.82, 2.24) is 15.2 Å². The van der Waals surface area contributed by atoms with Crippen LogP contribution in [0, 0.1) is 0 Å². The number of hydrazone groups is 1. The quantitative estimate of drug-likeness (QED) is 0.431. The maximum Gasteiger partial charge on any atom is 0.247 e. The summed E-state index contributed by atoms with van der Waals surface area (Å²) in [7, 11) is 3.14. The average Bonchev–Trinajstić information content (AvgIpc) is 3.29. The van der Waals surface area contributed by atoms with Crippen LogP contribution in [-0.4, -0.2) is 36.1 Å². The van der Waals surface area contributed by atoms with Gasteiger partial charge in [-0.2, -0.15) is 10.2 Å². The predicted octanol–water partition coefficient (Wildman–Crippen LogP) is 3.91. The van der Waals surface area contributed by atoms with E-state index < -0.39 is 0 Å². The molecule has 1 aromatic heterocycles. The first-order valence-corrected chi connectivity index (χ1v) is 9.67. The minimum Gasteiger partial charge on any atom is -0.495 e. The molecule has 1 atom stereocenters. The van der Waals surface area contributed by atoms with Crippen LogP contribution in [0.4, 0.5) is 0 Å². The summed E-state index contributed by atoms with van der Waals surface area (Å²) < 4.78 is 13.1. The fraction of sp³-hybridized carbons (Fsp3) is 0.190. The van der Waals surface area contributed by atoms with Crippen molar-refractivity contribution in [2.24, 2.45) is 5.10 Å². The van der Waals surface area contributed by atoms with Crippen LogP contribution >= 0.6 is 15.9 Å². The number of hydrogen-bond acceptors (Lipinski definition) is 5. The third kappa shape index (κ3) is 4.83. The molecule has 150 valence electrons. The predicted molar refractivity (Wildman–Crippen MR) is 115 cm³/mol. The Balaban J connectivity index is 1.66. The number of carbonyl (C=O) groups is 1. The minimum absolute atomic E-state index is 0.205. The molecule has 1 unspecified atom stereocenters.